The molecular formula is C9H8BrN5O. The Balaban J connectivity index is 2.18. The van der Waals surface area contributed by atoms with Crippen molar-refractivity contribution in [1.29, 1.82) is 0 Å². The number of nitrogens with one attached hydrogen (secondary N) is 2. The molecule has 0 bridgehead atoms. The third-order valence-electron chi connectivity index (χ3n) is 1.85. The number of H-pyrrole nitrogens is 1. The van der Waals surface area contributed by atoms with Gasteiger partial charge in [-0.1, -0.05) is 15.9 Å². The van der Waals surface area contributed by atoms with E-state index in [0.29, 0.717) is 5.69 Å². The van der Waals surface area contributed by atoms with Crippen LogP contribution in [0.25, 0.3) is 0 Å². The summed E-state index contributed by atoms with van der Waals surface area (Å²) < 4.78 is 0.899. The highest BCUT2D eigenvalue weighted by Gasteiger charge is 2.10. The minimum absolute atomic E-state index is 0.0117. The lowest BCUT2D eigenvalue weighted by Gasteiger charge is -2.04. The Morgan fingerprint density at radius 2 is 2.25 bits per heavy atom. The molecule has 0 fully saturated rings. The van der Waals surface area contributed by atoms with Gasteiger partial charge in [-0.15, -0.1) is 10.2 Å². The van der Waals surface area contributed by atoms with Crippen molar-refractivity contribution in [3.63, 3.8) is 0 Å². The zero-order chi connectivity index (χ0) is 11.5. The van der Waals surface area contributed by atoms with E-state index in [1.165, 1.54) is 0 Å². The number of aryl methyl sites for hydroxylation is 1. The number of amides is 1. The van der Waals surface area contributed by atoms with Crippen LogP contribution in [0.2, 0.25) is 0 Å². The molecule has 0 aliphatic carbocycles. The normalized spacial score (nSPS) is 10.1. The number of hydrogen-bond donors (Lipinski definition) is 2. The molecule has 2 aromatic rings. The molecule has 0 radical (unpaired) electrons. The average Bonchev–Trinajstić information content (AvgIpc) is 2.68. The zero-order valence-electron chi connectivity index (χ0n) is 8.36. The summed E-state index contributed by atoms with van der Waals surface area (Å²) in [5.74, 6) is -0.385. The minimum atomic E-state index is -0.397. The van der Waals surface area contributed by atoms with Crippen molar-refractivity contribution >= 4 is 27.5 Å². The maximum absolute atomic E-state index is 11.6. The fraction of sp³-hybridized carbons (Fsp3) is 0.111. The molecule has 1 heterocycles. The van der Waals surface area contributed by atoms with E-state index in [4.69, 9.17) is 0 Å². The zero-order valence-corrected chi connectivity index (χ0v) is 9.95. The van der Waals surface area contributed by atoms with Gasteiger partial charge in [0.1, 0.15) is 0 Å². The topological polar surface area (TPSA) is 83.6 Å². The molecule has 0 saturated carbocycles. The first-order valence-corrected chi connectivity index (χ1v) is 5.26. The second-order valence-corrected chi connectivity index (χ2v) is 4.12. The second-order valence-electron chi connectivity index (χ2n) is 3.21. The number of tetrazole rings is 1. The van der Waals surface area contributed by atoms with Gasteiger partial charge in [-0.05, 0) is 35.9 Å². The van der Waals surface area contributed by atoms with E-state index >= 15 is 0 Å². The summed E-state index contributed by atoms with van der Waals surface area (Å²) in [6.07, 6.45) is 0. The van der Waals surface area contributed by atoms with Gasteiger partial charge in [0.05, 0.1) is 0 Å². The largest absolute Gasteiger partial charge is 0.319 e. The molecule has 1 amide bonds. The first kappa shape index (κ1) is 10.7. The van der Waals surface area contributed by atoms with Crippen LogP contribution in [-0.4, -0.2) is 26.5 Å². The van der Waals surface area contributed by atoms with Crippen molar-refractivity contribution < 1.29 is 4.79 Å². The van der Waals surface area contributed by atoms with E-state index in [1.807, 2.05) is 19.1 Å². The van der Waals surface area contributed by atoms with Gasteiger partial charge in [0.15, 0.2) is 0 Å². The quantitative estimate of drug-likeness (QED) is 0.874. The van der Waals surface area contributed by atoms with Gasteiger partial charge in [0.2, 0.25) is 0 Å². The smallest absolute Gasteiger partial charge is 0.297 e. The van der Waals surface area contributed by atoms with E-state index in [2.05, 4.69) is 41.9 Å². The number of aromatic nitrogens is 4. The Bertz CT molecular complexity index is 490. The lowest BCUT2D eigenvalue weighted by atomic mass is 10.2. The monoisotopic (exact) mass is 281 g/mol. The average molecular weight is 282 g/mol. The molecule has 82 valence electrons. The highest BCUT2D eigenvalue weighted by atomic mass is 79.9. The number of nitrogens with zero attached hydrogens (tertiary/aromatic N) is 3. The molecule has 0 unspecified atom stereocenters. The van der Waals surface area contributed by atoms with Crippen LogP contribution < -0.4 is 5.32 Å². The van der Waals surface area contributed by atoms with Gasteiger partial charge in [-0.2, -0.15) is 5.21 Å². The van der Waals surface area contributed by atoms with Crippen LogP contribution in [-0.2, 0) is 0 Å². The fourth-order valence-corrected chi connectivity index (χ4v) is 1.86. The van der Waals surface area contributed by atoms with Gasteiger partial charge in [-0.25, -0.2) is 0 Å². The summed E-state index contributed by atoms with van der Waals surface area (Å²) in [5, 5.41) is 15.4. The van der Waals surface area contributed by atoms with Crippen LogP contribution in [0, 0.1) is 6.92 Å². The molecule has 1 aromatic carbocycles. The number of rotatable bonds is 2. The van der Waals surface area contributed by atoms with Crippen molar-refractivity contribution in [3.8, 4) is 0 Å². The summed E-state index contributed by atoms with van der Waals surface area (Å²) in [4.78, 5) is 11.6. The van der Waals surface area contributed by atoms with Crippen molar-refractivity contribution in [3.05, 3.63) is 34.1 Å². The maximum atomic E-state index is 11.6. The summed E-state index contributed by atoms with van der Waals surface area (Å²) in [6.45, 7) is 1.94. The van der Waals surface area contributed by atoms with Crippen LogP contribution in [0.15, 0.2) is 22.7 Å². The van der Waals surface area contributed by atoms with E-state index < -0.39 is 5.91 Å². The summed E-state index contributed by atoms with van der Waals surface area (Å²) in [5.41, 5.74) is 1.72. The Morgan fingerprint density at radius 3 is 2.88 bits per heavy atom. The first-order valence-electron chi connectivity index (χ1n) is 4.47. The fourth-order valence-electron chi connectivity index (χ4n) is 1.25. The van der Waals surface area contributed by atoms with Crippen LogP contribution in [0.4, 0.5) is 5.69 Å². The maximum Gasteiger partial charge on any atom is 0.297 e. The van der Waals surface area contributed by atoms with Crippen LogP contribution in [0.3, 0.4) is 0 Å². The molecule has 16 heavy (non-hydrogen) atoms. The third kappa shape index (κ3) is 2.43. The van der Waals surface area contributed by atoms with Crippen LogP contribution in [0.1, 0.15) is 16.2 Å². The van der Waals surface area contributed by atoms with Gasteiger partial charge in [0, 0.05) is 10.2 Å². The van der Waals surface area contributed by atoms with E-state index in [0.717, 1.165) is 10.0 Å². The summed E-state index contributed by atoms with van der Waals surface area (Å²) >= 11 is 3.35. The molecule has 0 spiro atoms. The molecule has 0 atom stereocenters. The Kier molecular flexibility index (Phi) is 2.95. The molecule has 6 nitrogen and oxygen atoms in total. The molecule has 1 aromatic heterocycles. The van der Waals surface area contributed by atoms with Crippen molar-refractivity contribution in [2.24, 2.45) is 0 Å². The van der Waals surface area contributed by atoms with Gasteiger partial charge in [0.25, 0.3) is 11.7 Å². The molecule has 7 heteroatoms. The standard InChI is InChI=1S/C9H8BrN5O/c1-5-2-6(10)4-7(3-5)11-9(16)8-12-14-15-13-8/h2-4H,1H3,(H,11,16)(H,12,13,14,15). The Labute approximate surface area is 99.6 Å². The van der Waals surface area contributed by atoms with Gasteiger partial charge < -0.3 is 5.32 Å². The number of aromatic amines is 1. The van der Waals surface area contributed by atoms with Crippen LogP contribution in [0.5, 0.6) is 0 Å². The molecular weight excluding hydrogens is 274 g/mol. The molecule has 0 aliphatic rings. The predicted octanol–water partition coefficient (Wildman–Crippen LogP) is 1.52. The first-order chi connectivity index (χ1) is 7.65. The molecule has 2 N–H and O–H groups in total. The van der Waals surface area contributed by atoms with Crippen molar-refractivity contribution in [2.75, 3.05) is 5.32 Å². The van der Waals surface area contributed by atoms with Crippen molar-refractivity contribution in [2.45, 2.75) is 6.92 Å². The lowest BCUT2D eigenvalue weighted by Crippen LogP contribution is -2.13. The predicted molar refractivity (Wildman–Crippen MR) is 61.0 cm³/mol. The van der Waals surface area contributed by atoms with Crippen LogP contribution >= 0.6 is 15.9 Å². The van der Waals surface area contributed by atoms with Gasteiger partial charge >= 0.3 is 0 Å². The van der Waals surface area contributed by atoms with E-state index in [-0.39, 0.29) is 5.82 Å². The van der Waals surface area contributed by atoms with E-state index in [1.54, 1.807) is 6.07 Å². The minimum Gasteiger partial charge on any atom is -0.319 e. The molecule has 2 rings (SSSR count). The van der Waals surface area contributed by atoms with E-state index in [9.17, 15) is 4.79 Å². The highest BCUT2D eigenvalue weighted by Crippen LogP contribution is 2.19. The number of carbonyl (C=O) groups excluding carboxylic acids is 1. The van der Waals surface area contributed by atoms with Crippen molar-refractivity contribution in [1.82, 2.24) is 20.6 Å². The second kappa shape index (κ2) is 4.40. The SMILES string of the molecule is Cc1cc(Br)cc(NC(=O)c2nn[nH]n2)c1. The molecule has 0 saturated heterocycles. The number of benzene rings is 1. The number of carbonyl (C=O) groups is 1. The third-order valence-corrected chi connectivity index (χ3v) is 2.31. The lowest BCUT2D eigenvalue weighted by molar-refractivity contribution is 0.101. The summed E-state index contributed by atoms with van der Waals surface area (Å²) in [6, 6.07) is 5.59. The number of hydrogen-bond acceptors (Lipinski definition) is 4. The number of halogens is 1. The Hall–Kier alpha value is -1.76. The summed E-state index contributed by atoms with van der Waals surface area (Å²) in [7, 11) is 0. The number of anilines is 1. The van der Waals surface area contributed by atoms with Gasteiger partial charge in [-0.3, -0.25) is 4.79 Å². The molecule has 0 aliphatic heterocycles. The Morgan fingerprint density at radius 1 is 1.44 bits per heavy atom. The highest BCUT2D eigenvalue weighted by molar-refractivity contribution is 9.10.